The van der Waals surface area contributed by atoms with Crippen molar-refractivity contribution in [3.8, 4) is 11.3 Å². The minimum absolute atomic E-state index is 0.565. The van der Waals surface area contributed by atoms with Gasteiger partial charge in [0.05, 0.1) is 16.9 Å². The Balaban J connectivity index is 1.49. The molecule has 7 heteroatoms. The molecule has 4 nitrogen and oxygen atoms in total. The quantitative estimate of drug-likeness (QED) is 0.329. The second-order valence-electron chi connectivity index (χ2n) is 5.22. The number of hydrogen-bond acceptors (Lipinski definition) is 5. The molecule has 0 saturated heterocycles. The number of para-hydroxylation sites is 1. The second-order valence-corrected chi connectivity index (χ2v) is 6.92. The van der Waals surface area contributed by atoms with Crippen molar-refractivity contribution in [1.29, 1.82) is 0 Å². The first kappa shape index (κ1) is 16.1. The van der Waals surface area contributed by atoms with Crippen molar-refractivity contribution in [2.24, 2.45) is 5.10 Å². The topological polar surface area (TPSA) is 50.4 Å². The number of benzene rings is 2. The lowest BCUT2D eigenvalue weighted by atomic mass is 10.2. The summed E-state index contributed by atoms with van der Waals surface area (Å²) < 4.78 is 5.67. The zero-order valence-corrected chi connectivity index (χ0v) is 15.1. The highest BCUT2D eigenvalue weighted by atomic mass is 35.5. The first-order valence-electron chi connectivity index (χ1n) is 7.38. The van der Waals surface area contributed by atoms with Gasteiger partial charge in [0.25, 0.3) is 0 Å². The second kappa shape index (κ2) is 6.88. The molecule has 0 bridgehead atoms. The van der Waals surface area contributed by atoms with E-state index in [1.165, 1.54) is 11.3 Å². The largest absolute Gasteiger partial charge is 0.455 e. The van der Waals surface area contributed by atoms with E-state index in [0.717, 1.165) is 22.2 Å². The van der Waals surface area contributed by atoms with Crippen molar-refractivity contribution in [2.75, 3.05) is 5.43 Å². The molecule has 0 saturated carbocycles. The molecule has 2 aromatic heterocycles. The van der Waals surface area contributed by atoms with E-state index >= 15 is 0 Å². The third-order valence-electron chi connectivity index (χ3n) is 3.51. The van der Waals surface area contributed by atoms with Crippen LogP contribution >= 0.6 is 34.5 Å². The number of nitrogens with zero attached hydrogens (tertiary/aromatic N) is 2. The van der Waals surface area contributed by atoms with E-state index in [-0.39, 0.29) is 0 Å². The SMILES string of the molecule is Clc1ccc(-c2csc(NN=Cc3cc4ccccc4o3)n2)c(Cl)c1. The van der Waals surface area contributed by atoms with Crippen molar-refractivity contribution < 1.29 is 4.42 Å². The molecule has 1 N–H and O–H groups in total. The van der Waals surface area contributed by atoms with Crippen molar-refractivity contribution >= 4 is 56.9 Å². The molecule has 0 fully saturated rings. The fourth-order valence-corrected chi connectivity index (χ4v) is 3.53. The number of aromatic nitrogens is 1. The maximum atomic E-state index is 6.21. The monoisotopic (exact) mass is 387 g/mol. The van der Waals surface area contributed by atoms with Crippen LogP contribution in [0.1, 0.15) is 5.76 Å². The summed E-state index contributed by atoms with van der Waals surface area (Å²) in [5, 5.41) is 8.95. The molecule has 0 unspecified atom stereocenters. The van der Waals surface area contributed by atoms with Crippen molar-refractivity contribution in [3.63, 3.8) is 0 Å². The number of fused-ring (bicyclic) bond motifs is 1. The van der Waals surface area contributed by atoms with Crippen LogP contribution in [0.15, 0.2) is 63.4 Å². The number of anilines is 1. The fraction of sp³-hybridized carbons (Fsp3) is 0. The summed E-state index contributed by atoms with van der Waals surface area (Å²) in [7, 11) is 0. The molecule has 124 valence electrons. The Labute approximate surface area is 157 Å². The minimum atomic E-state index is 0.565. The normalized spacial score (nSPS) is 11.4. The average molecular weight is 388 g/mol. The summed E-state index contributed by atoms with van der Waals surface area (Å²) in [6, 6.07) is 15.1. The van der Waals surface area contributed by atoms with E-state index in [9.17, 15) is 0 Å². The third kappa shape index (κ3) is 3.54. The molecule has 0 radical (unpaired) electrons. The highest BCUT2D eigenvalue weighted by Crippen LogP contribution is 2.32. The molecule has 0 aliphatic carbocycles. The lowest BCUT2D eigenvalue weighted by molar-refractivity contribution is 0.608. The van der Waals surface area contributed by atoms with Gasteiger partial charge in [0.15, 0.2) is 0 Å². The van der Waals surface area contributed by atoms with Crippen LogP contribution in [0.25, 0.3) is 22.2 Å². The van der Waals surface area contributed by atoms with Crippen LogP contribution in [0, 0.1) is 0 Å². The summed E-state index contributed by atoms with van der Waals surface area (Å²) in [4.78, 5) is 4.48. The molecular formula is C18H11Cl2N3OS. The van der Waals surface area contributed by atoms with E-state index in [2.05, 4.69) is 15.5 Å². The molecule has 0 atom stereocenters. The van der Waals surface area contributed by atoms with E-state index in [0.29, 0.717) is 20.9 Å². The lowest BCUT2D eigenvalue weighted by Crippen LogP contribution is -1.89. The summed E-state index contributed by atoms with van der Waals surface area (Å²) in [5.41, 5.74) is 5.34. The molecular weight excluding hydrogens is 377 g/mol. The number of hydrogen-bond donors (Lipinski definition) is 1. The Morgan fingerprint density at radius 2 is 2.00 bits per heavy atom. The molecule has 2 aromatic carbocycles. The molecule has 0 aliphatic heterocycles. The van der Waals surface area contributed by atoms with Gasteiger partial charge < -0.3 is 4.42 Å². The van der Waals surface area contributed by atoms with Gasteiger partial charge in [-0.05, 0) is 30.3 Å². The van der Waals surface area contributed by atoms with Crippen molar-refractivity contribution in [2.45, 2.75) is 0 Å². The Morgan fingerprint density at radius 3 is 2.84 bits per heavy atom. The van der Waals surface area contributed by atoms with E-state index in [4.69, 9.17) is 27.6 Å². The summed E-state index contributed by atoms with van der Waals surface area (Å²) in [6.45, 7) is 0. The average Bonchev–Trinajstić information content (AvgIpc) is 3.21. The van der Waals surface area contributed by atoms with Gasteiger partial charge in [-0.15, -0.1) is 11.3 Å². The van der Waals surface area contributed by atoms with Crippen LogP contribution in [-0.4, -0.2) is 11.2 Å². The number of halogens is 2. The molecule has 4 aromatic rings. The highest BCUT2D eigenvalue weighted by Gasteiger charge is 2.08. The molecule has 0 spiro atoms. The van der Waals surface area contributed by atoms with Crippen LogP contribution in [0.3, 0.4) is 0 Å². The Morgan fingerprint density at radius 1 is 1.12 bits per heavy atom. The van der Waals surface area contributed by atoms with Gasteiger partial charge in [0.1, 0.15) is 11.3 Å². The Bertz CT molecular complexity index is 1040. The molecule has 0 amide bonds. The predicted octanol–water partition coefficient (Wildman–Crippen LogP) is 6.31. The number of hydrazone groups is 1. The summed E-state index contributed by atoms with van der Waals surface area (Å²) in [5.74, 6) is 0.672. The van der Waals surface area contributed by atoms with E-state index < -0.39 is 0 Å². The first-order chi connectivity index (χ1) is 12.2. The maximum absolute atomic E-state index is 6.21. The van der Waals surface area contributed by atoms with Crippen LogP contribution in [0.5, 0.6) is 0 Å². The molecule has 4 rings (SSSR count). The standard InChI is InChI=1S/C18H11Cl2N3OS/c19-12-5-6-14(15(20)8-12)16-10-25-18(22-16)23-21-9-13-7-11-3-1-2-4-17(11)24-13/h1-10H,(H,22,23). The first-order valence-corrected chi connectivity index (χ1v) is 9.01. The van der Waals surface area contributed by atoms with Crippen LogP contribution < -0.4 is 5.43 Å². The number of furan rings is 1. The van der Waals surface area contributed by atoms with E-state index in [1.54, 1.807) is 18.3 Å². The zero-order valence-electron chi connectivity index (χ0n) is 12.7. The number of nitrogens with one attached hydrogen (secondary N) is 1. The Hall–Kier alpha value is -2.34. The smallest absolute Gasteiger partial charge is 0.203 e. The number of thiazole rings is 1. The van der Waals surface area contributed by atoms with Crippen molar-refractivity contribution in [1.82, 2.24) is 4.98 Å². The third-order valence-corrected chi connectivity index (χ3v) is 4.80. The zero-order chi connectivity index (χ0) is 17.2. The van der Waals surface area contributed by atoms with Gasteiger partial charge in [-0.25, -0.2) is 4.98 Å². The van der Waals surface area contributed by atoms with Gasteiger partial charge in [-0.1, -0.05) is 41.4 Å². The highest BCUT2D eigenvalue weighted by molar-refractivity contribution is 7.14. The minimum Gasteiger partial charge on any atom is -0.455 e. The maximum Gasteiger partial charge on any atom is 0.203 e. The van der Waals surface area contributed by atoms with Gasteiger partial charge in [-0.2, -0.15) is 5.10 Å². The van der Waals surface area contributed by atoms with Gasteiger partial charge >= 0.3 is 0 Å². The fourth-order valence-electron chi connectivity index (χ4n) is 2.36. The molecule has 25 heavy (non-hydrogen) atoms. The van der Waals surface area contributed by atoms with E-state index in [1.807, 2.05) is 41.8 Å². The van der Waals surface area contributed by atoms with Gasteiger partial charge in [0, 0.05) is 21.4 Å². The van der Waals surface area contributed by atoms with Crippen LogP contribution in [0.2, 0.25) is 10.0 Å². The van der Waals surface area contributed by atoms with Gasteiger partial charge in [0.2, 0.25) is 5.13 Å². The van der Waals surface area contributed by atoms with Gasteiger partial charge in [-0.3, -0.25) is 5.43 Å². The van der Waals surface area contributed by atoms with Crippen LogP contribution in [0.4, 0.5) is 5.13 Å². The summed E-state index contributed by atoms with van der Waals surface area (Å²) in [6.07, 6.45) is 1.62. The Kier molecular flexibility index (Phi) is 4.44. The van der Waals surface area contributed by atoms with Crippen molar-refractivity contribution in [3.05, 3.63) is 69.7 Å². The lowest BCUT2D eigenvalue weighted by Gasteiger charge is -2.00. The number of rotatable bonds is 4. The molecule has 0 aliphatic rings. The molecule has 2 heterocycles. The summed E-state index contributed by atoms with van der Waals surface area (Å²) >= 11 is 13.6. The van der Waals surface area contributed by atoms with Crippen LogP contribution in [-0.2, 0) is 0 Å². The predicted molar refractivity (Wildman–Crippen MR) is 105 cm³/mol.